The van der Waals surface area contributed by atoms with E-state index in [0.29, 0.717) is 12.8 Å². The Hall–Kier alpha value is -1.26. The highest BCUT2D eigenvalue weighted by atomic mass is 16.3. The second-order valence-electron chi connectivity index (χ2n) is 9.17. The van der Waals surface area contributed by atoms with Crippen molar-refractivity contribution in [3.63, 3.8) is 0 Å². The van der Waals surface area contributed by atoms with Crippen molar-refractivity contribution in [1.29, 1.82) is 0 Å². The van der Waals surface area contributed by atoms with Gasteiger partial charge in [0.2, 0.25) is 0 Å². The summed E-state index contributed by atoms with van der Waals surface area (Å²) in [7, 11) is 0. The molecule has 136 valence electrons. The van der Waals surface area contributed by atoms with E-state index in [4.69, 9.17) is 0 Å². The Morgan fingerprint density at radius 2 is 2.00 bits per heavy atom. The van der Waals surface area contributed by atoms with Crippen LogP contribution in [-0.2, 0) is 9.59 Å². The van der Waals surface area contributed by atoms with Crippen LogP contribution in [0.5, 0.6) is 0 Å². The van der Waals surface area contributed by atoms with Crippen LogP contribution in [0.4, 0.5) is 0 Å². The van der Waals surface area contributed by atoms with Gasteiger partial charge in [0.1, 0.15) is 5.60 Å². The molecule has 7 atom stereocenters. The zero-order valence-electron chi connectivity index (χ0n) is 15.3. The first-order valence-electron chi connectivity index (χ1n) is 9.49. The minimum atomic E-state index is -1.32. The molecule has 0 radical (unpaired) electrons. The van der Waals surface area contributed by atoms with Gasteiger partial charge in [-0.1, -0.05) is 25.5 Å². The summed E-state index contributed by atoms with van der Waals surface area (Å²) in [4.78, 5) is 24.0. The van der Waals surface area contributed by atoms with Gasteiger partial charge in [-0.05, 0) is 63.0 Å². The van der Waals surface area contributed by atoms with Gasteiger partial charge in [-0.2, -0.15) is 0 Å². The molecule has 0 spiro atoms. The van der Waals surface area contributed by atoms with Gasteiger partial charge in [-0.25, -0.2) is 0 Å². The minimum Gasteiger partial charge on any atom is -0.393 e. The zero-order valence-corrected chi connectivity index (χ0v) is 15.3. The summed E-state index contributed by atoms with van der Waals surface area (Å²) >= 11 is 0. The molecule has 0 aromatic heterocycles. The first-order chi connectivity index (χ1) is 11.6. The summed E-state index contributed by atoms with van der Waals surface area (Å²) in [5.41, 5.74) is -1.05. The van der Waals surface area contributed by atoms with Gasteiger partial charge in [0.15, 0.2) is 11.6 Å². The zero-order chi connectivity index (χ0) is 18.2. The van der Waals surface area contributed by atoms with Crippen LogP contribution < -0.4 is 0 Å². The topological polar surface area (TPSA) is 74.6 Å². The molecule has 4 rings (SSSR count). The molecular weight excluding hydrogens is 316 g/mol. The molecule has 4 aliphatic carbocycles. The van der Waals surface area contributed by atoms with Crippen molar-refractivity contribution in [3.05, 3.63) is 23.8 Å². The average molecular weight is 344 g/mol. The number of carbonyl (C=O) groups is 2. The van der Waals surface area contributed by atoms with E-state index in [0.717, 1.165) is 24.8 Å². The minimum absolute atomic E-state index is 0.0351. The van der Waals surface area contributed by atoms with E-state index in [9.17, 15) is 19.8 Å². The molecule has 4 aliphatic rings. The number of aliphatic hydroxyl groups excluding tert-OH is 1. The third-order valence-corrected chi connectivity index (χ3v) is 8.23. The number of hydrogen-bond acceptors (Lipinski definition) is 4. The average Bonchev–Trinajstić information content (AvgIpc) is 2.80. The lowest BCUT2D eigenvalue weighted by Gasteiger charge is -2.59. The van der Waals surface area contributed by atoms with Crippen molar-refractivity contribution in [2.45, 2.75) is 64.6 Å². The van der Waals surface area contributed by atoms with E-state index in [1.54, 1.807) is 12.2 Å². The van der Waals surface area contributed by atoms with E-state index in [-0.39, 0.29) is 34.7 Å². The predicted octanol–water partition coefficient (Wildman–Crippen LogP) is 2.59. The molecule has 0 heterocycles. The summed E-state index contributed by atoms with van der Waals surface area (Å²) in [6.45, 7) is 5.61. The van der Waals surface area contributed by atoms with Crippen LogP contribution in [0.3, 0.4) is 0 Å². The lowest BCUT2D eigenvalue weighted by atomic mass is 9.46. The quantitative estimate of drug-likeness (QED) is 0.767. The molecule has 4 unspecified atom stereocenters. The van der Waals surface area contributed by atoms with Crippen molar-refractivity contribution < 1.29 is 19.8 Å². The molecule has 0 saturated heterocycles. The Balaban J connectivity index is 1.76. The second-order valence-corrected chi connectivity index (χ2v) is 9.17. The monoisotopic (exact) mass is 344 g/mol. The Kier molecular flexibility index (Phi) is 3.53. The van der Waals surface area contributed by atoms with Crippen LogP contribution in [0.2, 0.25) is 0 Å². The fourth-order valence-corrected chi connectivity index (χ4v) is 6.91. The maximum Gasteiger partial charge on any atom is 0.178 e. The summed E-state index contributed by atoms with van der Waals surface area (Å²) in [5.74, 6) is 0.410. The molecule has 4 nitrogen and oxygen atoms in total. The number of allylic oxidation sites excluding steroid dienone is 4. The van der Waals surface area contributed by atoms with E-state index < -0.39 is 17.1 Å². The number of ketones is 2. The number of hydrogen-bond donors (Lipinski definition) is 2. The van der Waals surface area contributed by atoms with Crippen molar-refractivity contribution in [3.8, 4) is 0 Å². The van der Waals surface area contributed by atoms with E-state index >= 15 is 0 Å². The molecule has 0 aromatic carbocycles. The van der Waals surface area contributed by atoms with Crippen molar-refractivity contribution in [2.24, 2.45) is 28.6 Å². The van der Waals surface area contributed by atoms with Gasteiger partial charge in [0, 0.05) is 16.7 Å². The summed E-state index contributed by atoms with van der Waals surface area (Å²) in [6.07, 6.45) is 8.32. The van der Waals surface area contributed by atoms with Crippen LogP contribution >= 0.6 is 0 Å². The Labute approximate surface area is 149 Å². The highest BCUT2D eigenvalue weighted by molar-refractivity contribution is 6.01. The number of Topliss-reactive ketones (excluding diaryl/α,β-unsaturated/α-hetero) is 1. The lowest BCUT2D eigenvalue weighted by Crippen LogP contribution is -2.61. The van der Waals surface area contributed by atoms with E-state index in [1.807, 2.05) is 13.0 Å². The Bertz CT molecular complexity index is 707. The maximum absolute atomic E-state index is 12.2. The third-order valence-electron chi connectivity index (χ3n) is 8.23. The van der Waals surface area contributed by atoms with Gasteiger partial charge in [-0.3, -0.25) is 9.59 Å². The summed E-state index contributed by atoms with van der Waals surface area (Å²) < 4.78 is 0. The summed E-state index contributed by atoms with van der Waals surface area (Å²) in [6, 6.07) is 0. The van der Waals surface area contributed by atoms with Gasteiger partial charge in [0.25, 0.3) is 0 Å². The van der Waals surface area contributed by atoms with Gasteiger partial charge in [0.05, 0.1) is 6.10 Å². The van der Waals surface area contributed by atoms with Crippen molar-refractivity contribution in [2.75, 3.05) is 0 Å². The van der Waals surface area contributed by atoms with Gasteiger partial charge < -0.3 is 10.2 Å². The molecule has 2 N–H and O–H groups in total. The van der Waals surface area contributed by atoms with Crippen LogP contribution in [0.1, 0.15) is 52.9 Å². The van der Waals surface area contributed by atoms with Crippen LogP contribution in [0, 0.1) is 28.6 Å². The van der Waals surface area contributed by atoms with E-state index in [2.05, 4.69) is 6.92 Å². The second kappa shape index (κ2) is 5.14. The molecule has 0 aliphatic heterocycles. The van der Waals surface area contributed by atoms with Crippen molar-refractivity contribution in [1.82, 2.24) is 0 Å². The number of aliphatic hydroxyl groups is 2. The molecule has 0 amide bonds. The van der Waals surface area contributed by atoms with Crippen molar-refractivity contribution >= 4 is 11.6 Å². The Morgan fingerprint density at radius 3 is 2.68 bits per heavy atom. The SMILES string of the molecule is CC(=O)[C@@]1(O)CCC2C3CCC4=CC(=O)C=C[C@]4(C)C3C(O)C[C@@]21C. The number of fused-ring (bicyclic) bond motifs is 5. The van der Waals surface area contributed by atoms with Crippen LogP contribution in [0.25, 0.3) is 0 Å². The summed E-state index contributed by atoms with van der Waals surface area (Å²) in [5, 5.41) is 22.3. The predicted molar refractivity (Wildman–Crippen MR) is 93.6 cm³/mol. The standard InChI is InChI=1S/C21H28O4/c1-12(22)21(25)9-7-16-15-5-4-13-10-14(23)6-8-19(13,2)18(15)17(24)11-20(16,21)3/h6,8,10,15-18,24-25H,4-5,7,9,11H2,1-3H3/t15?,16?,17?,18?,19-,20-,21-/m0/s1. The largest absolute Gasteiger partial charge is 0.393 e. The fraction of sp³-hybridized carbons (Fsp3) is 0.714. The maximum atomic E-state index is 12.2. The molecule has 3 fully saturated rings. The number of rotatable bonds is 1. The molecular formula is C21H28O4. The van der Waals surface area contributed by atoms with Crippen LogP contribution in [0.15, 0.2) is 23.8 Å². The van der Waals surface area contributed by atoms with E-state index in [1.165, 1.54) is 6.92 Å². The smallest absolute Gasteiger partial charge is 0.178 e. The highest BCUT2D eigenvalue weighted by Crippen LogP contribution is 2.66. The third kappa shape index (κ3) is 2.01. The molecule has 4 heteroatoms. The van der Waals surface area contributed by atoms with Gasteiger partial charge >= 0.3 is 0 Å². The first kappa shape index (κ1) is 17.2. The van der Waals surface area contributed by atoms with Crippen LogP contribution in [-0.4, -0.2) is 33.5 Å². The fourth-order valence-electron chi connectivity index (χ4n) is 6.91. The Morgan fingerprint density at radius 1 is 1.28 bits per heavy atom. The van der Waals surface area contributed by atoms with Gasteiger partial charge in [-0.15, -0.1) is 0 Å². The lowest BCUT2D eigenvalue weighted by molar-refractivity contribution is -0.175. The first-order valence-corrected chi connectivity index (χ1v) is 9.49. The highest BCUT2D eigenvalue weighted by Gasteiger charge is 2.67. The molecule has 0 bridgehead atoms. The number of carbonyl (C=O) groups excluding carboxylic acids is 2. The molecule has 0 aromatic rings. The normalized spacial score (nSPS) is 51.4. The molecule has 3 saturated carbocycles. The molecule has 25 heavy (non-hydrogen) atoms.